The fourth-order valence-corrected chi connectivity index (χ4v) is 5.54. The van der Waals surface area contributed by atoms with Gasteiger partial charge in [0.15, 0.2) is 12.3 Å². The second kappa shape index (κ2) is 14.5. The molecule has 13 heteroatoms. The van der Waals surface area contributed by atoms with Crippen molar-refractivity contribution in [3.05, 3.63) is 129 Å². The summed E-state index contributed by atoms with van der Waals surface area (Å²) >= 11 is 0. The standard InChI is InChI=1S/C34H34N2O11/c1-43-24-12-8-22(9-13-24)34(21-6-4-3-5-7-21,23-10-14-25(44-2)15-11-23)45-20-26-30(41)31(47-29(40)17-16-28(38)39)32(46-26)36-19-18-27(37)35-33(36)42/h3-15,18-19,26,30-32,41H,16-17,20H2,1-2H3,(H,38,39)(H,35,37,42)/t26-,30-,31+,32-/m1/s1. The first kappa shape index (κ1) is 33.1. The van der Waals surface area contributed by atoms with Crippen LogP contribution in [0.2, 0.25) is 0 Å². The van der Waals surface area contributed by atoms with Crippen LogP contribution in [0.5, 0.6) is 11.5 Å². The van der Waals surface area contributed by atoms with Gasteiger partial charge in [-0.25, -0.2) is 4.79 Å². The fourth-order valence-electron chi connectivity index (χ4n) is 5.54. The van der Waals surface area contributed by atoms with E-state index in [0.29, 0.717) is 22.6 Å². The van der Waals surface area contributed by atoms with E-state index >= 15 is 0 Å². The third-order valence-corrected chi connectivity index (χ3v) is 7.89. The number of carbonyl (C=O) groups is 2. The molecule has 1 aliphatic rings. The number of carbonyl (C=O) groups excluding carboxylic acids is 1. The lowest BCUT2D eigenvalue weighted by Gasteiger charge is -2.37. The van der Waals surface area contributed by atoms with E-state index in [0.717, 1.165) is 22.4 Å². The Bertz CT molecular complexity index is 1740. The van der Waals surface area contributed by atoms with Crippen LogP contribution in [0.1, 0.15) is 35.8 Å². The highest BCUT2D eigenvalue weighted by Gasteiger charge is 2.49. The van der Waals surface area contributed by atoms with Crippen LogP contribution in [0, 0.1) is 0 Å². The maximum atomic E-state index is 12.7. The van der Waals surface area contributed by atoms with E-state index in [2.05, 4.69) is 4.98 Å². The Morgan fingerprint density at radius 3 is 1.96 bits per heavy atom. The summed E-state index contributed by atoms with van der Waals surface area (Å²) in [4.78, 5) is 50.2. The molecule has 0 spiro atoms. The molecule has 3 N–H and O–H groups in total. The summed E-state index contributed by atoms with van der Waals surface area (Å²) < 4.78 is 30.2. The first-order valence-corrected chi connectivity index (χ1v) is 14.7. The lowest BCUT2D eigenvalue weighted by atomic mass is 9.80. The number of nitrogens with one attached hydrogen (secondary N) is 1. The number of nitrogens with zero attached hydrogens (tertiary/aromatic N) is 1. The lowest BCUT2D eigenvalue weighted by molar-refractivity contribution is -0.160. The monoisotopic (exact) mass is 646 g/mol. The SMILES string of the molecule is COc1ccc(C(OC[C@H]2O[C@@H](n3ccc(=O)[nH]c3=O)[C@@H](OC(=O)CCC(=O)O)[C@@H]2O)(c2ccccc2)c2ccc(OC)cc2)cc1. The van der Waals surface area contributed by atoms with Gasteiger partial charge in [-0.15, -0.1) is 0 Å². The van der Waals surface area contributed by atoms with Crippen molar-refractivity contribution in [2.24, 2.45) is 0 Å². The summed E-state index contributed by atoms with van der Waals surface area (Å²) in [6.07, 6.45) is -5.31. The zero-order valence-electron chi connectivity index (χ0n) is 25.6. The molecular weight excluding hydrogens is 612 g/mol. The summed E-state index contributed by atoms with van der Waals surface area (Å²) in [6, 6.07) is 25.1. The van der Waals surface area contributed by atoms with Crippen molar-refractivity contribution in [1.29, 1.82) is 0 Å². The van der Waals surface area contributed by atoms with Crippen molar-refractivity contribution < 1.29 is 43.5 Å². The Balaban J connectivity index is 1.55. The molecule has 1 aromatic heterocycles. The Morgan fingerprint density at radius 1 is 0.851 bits per heavy atom. The van der Waals surface area contributed by atoms with Crippen molar-refractivity contribution in [1.82, 2.24) is 9.55 Å². The van der Waals surface area contributed by atoms with Crippen molar-refractivity contribution in [3.8, 4) is 11.5 Å². The molecule has 0 saturated carbocycles. The van der Waals surface area contributed by atoms with E-state index in [1.807, 2.05) is 54.6 Å². The predicted molar refractivity (Wildman–Crippen MR) is 166 cm³/mol. The van der Waals surface area contributed by atoms with Gasteiger partial charge < -0.3 is 33.9 Å². The number of hydrogen-bond donors (Lipinski definition) is 3. The molecule has 4 atom stereocenters. The van der Waals surface area contributed by atoms with Gasteiger partial charge in [-0.3, -0.25) is 23.9 Å². The van der Waals surface area contributed by atoms with Crippen LogP contribution in [0.15, 0.2) is 101 Å². The third kappa shape index (κ3) is 7.12. The third-order valence-electron chi connectivity index (χ3n) is 7.89. The number of aliphatic carboxylic acids is 1. The molecular formula is C34H34N2O11. The molecule has 0 unspecified atom stereocenters. The lowest BCUT2D eigenvalue weighted by Crippen LogP contribution is -2.41. The van der Waals surface area contributed by atoms with Gasteiger partial charge in [0.25, 0.3) is 5.56 Å². The fraction of sp³-hybridized carbons (Fsp3) is 0.294. The minimum Gasteiger partial charge on any atom is -0.497 e. The number of rotatable bonds is 13. The van der Waals surface area contributed by atoms with Gasteiger partial charge in [0.2, 0.25) is 0 Å². The topological polar surface area (TPSA) is 176 Å². The van der Waals surface area contributed by atoms with Gasteiger partial charge >= 0.3 is 17.6 Å². The smallest absolute Gasteiger partial charge is 0.330 e. The summed E-state index contributed by atoms with van der Waals surface area (Å²) in [5.74, 6) is -0.873. The molecule has 0 radical (unpaired) electrons. The number of hydrogen-bond acceptors (Lipinski definition) is 10. The molecule has 2 heterocycles. The highest BCUT2D eigenvalue weighted by Crippen LogP contribution is 2.43. The second-order valence-electron chi connectivity index (χ2n) is 10.7. The number of aliphatic hydroxyl groups excluding tert-OH is 1. The molecule has 5 rings (SSSR count). The maximum absolute atomic E-state index is 12.7. The highest BCUT2D eigenvalue weighted by atomic mass is 16.6. The van der Waals surface area contributed by atoms with Crippen molar-refractivity contribution in [3.63, 3.8) is 0 Å². The molecule has 4 aromatic rings. The van der Waals surface area contributed by atoms with Gasteiger partial charge in [-0.05, 0) is 41.0 Å². The zero-order chi connectivity index (χ0) is 33.6. The van der Waals surface area contributed by atoms with Crippen LogP contribution in [0.4, 0.5) is 0 Å². The number of carboxylic acids is 1. The van der Waals surface area contributed by atoms with E-state index in [4.69, 9.17) is 28.8 Å². The van der Waals surface area contributed by atoms with Crippen molar-refractivity contribution in [2.75, 3.05) is 20.8 Å². The van der Waals surface area contributed by atoms with Gasteiger partial charge in [-0.2, -0.15) is 0 Å². The molecule has 13 nitrogen and oxygen atoms in total. The van der Waals surface area contributed by atoms with Crippen LogP contribution >= 0.6 is 0 Å². The minimum absolute atomic E-state index is 0.272. The molecule has 1 saturated heterocycles. The van der Waals surface area contributed by atoms with Crippen molar-refractivity contribution >= 4 is 11.9 Å². The van der Waals surface area contributed by atoms with Gasteiger partial charge in [0.1, 0.15) is 29.3 Å². The average Bonchev–Trinajstić information content (AvgIpc) is 3.38. The molecule has 3 aromatic carbocycles. The molecule has 0 amide bonds. The van der Waals surface area contributed by atoms with Crippen LogP contribution in [0.3, 0.4) is 0 Å². The first-order chi connectivity index (χ1) is 22.7. The Morgan fingerprint density at radius 2 is 1.43 bits per heavy atom. The van der Waals surface area contributed by atoms with Crippen LogP contribution in [-0.2, 0) is 29.4 Å². The number of ether oxygens (including phenoxy) is 5. The predicted octanol–water partition coefficient (Wildman–Crippen LogP) is 2.60. The summed E-state index contributed by atoms with van der Waals surface area (Å²) in [7, 11) is 3.13. The molecule has 1 aliphatic heterocycles. The molecule has 47 heavy (non-hydrogen) atoms. The van der Waals surface area contributed by atoms with E-state index < -0.39 is 66.2 Å². The van der Waals surface area contributed by atoms with E-state index in [1.54, 1.807) is 38.5 Å². The normalized spacial score (nSPS) is 19.2. The average molecular weight is 647 g/mol. The summed E-state index contributed by atoms with van der Waals surface area (Å²) in [6.45, 7) is -0.272. The van der Waals surface area contributed by atoms with E-state index in [-0.39, 0.29) is 6.61 Å². The highest BCUT2D eigenvalue weighted by molar-refractivity contribution is 5.76. The number of esters is 1. The number of benzene rings is 3. The number of aromatic nitrogens is 2. The molecule has 0 bridgehead atoms. The van der Waals surface area contributed by atoms with Crippen LogP contribution < -0.4 is 20.7 Å². The van der Waals surface area contributed by atoms with Gasteiger partial charge in [0.05, 0.1) is 33.7 Å². The molecule has 1 fully saturated rings. The van der Waals surface area contributed by atoms with E-state index in [1.165, 1.54) is 0 Å². The van der Waals surface area contributed by atoms with E-state index in [9.17, 15) is 24.3 Å². The quantitative estimate of drug-likeness (QED) is 0.144. The minimum atomic E-state index is -1.52. The number of aromatic amines is 1. The van der Waals surface area contributed by atoms with Crippen LogP contribution in [-0.4, -0.2) is 70.8 Å². The van der Waals surface area contributed by atoms with Crippen LogP contribution in [0.25, 0.3) is 0 Å². The largest absolute Gasteiger partial charge is 0.497 e. The summed E-state index contributed by atoms with van der Waals surface area (Å²) in [5.41, 5.74) is -0.625. The first-order valence-electron chi connectivity index (χ1n) is 14.7. The van der Waals surface area contributed by atoms with Gasteiger partial charge in [-0.1, -0.05) is 54.6 Å². The number of carboxylic acid groups (broad SMARTS) is 1. The number of H-pyrrole nitrogens is 1. The Hall–Kier alpha value is -5.24. The van der Waals surface area contributed by atoms with Crippen molar-refractivity contribution in [2.45, 2.75) is 43.0 Å². The number of aliphatic hydroxyl groups is 1. The zero-order valence-corrected chi connectivity index (χ0v) is 25.6. The molecule has 0 aliphatic carbocycles. The Kier molecular flexibility index (Phi) is 10.2. The Labute approximate surface area is 268 Å². The molecule has 246 valence electrons. The maximum Gasteiger partial charge on any atom is 0.330 e. The summed E-state index contributed by atoms with van der Waals surface area (Å²) in [5, 5.41) is 20.5. The second-order valence-corrected chi connectivity index (χ2v) is 10.7. The number of methoxy groups -OCH3 is 2. The van der Waals surface area contributed by atoms with Gasteiger partial charge in [0, 0.05) is 12.3 Å².